The second-order valence-electron chi connectivity index (χ2n) is 11.8. The minimum atomic E-state index is -4.80. The first-order valence-corrected chi connectivity index (χ1v) is 15.2. The number of hydrogen-bond acceptors (Lipinski definition) is 6. The van der Waals surface area contributed by atoms with E-state index in [1.54, 1.807) is 11.0 Å². The molecule has 0 unspecified atom stereocenters. The zero-order chi connectivity index (χ0) is 34.2. The van der Waals surface area contributed by atoms with Gasteiger partial charge in [0.1, 0.15) is 28.7 Å². The van der Waals surface area contributed by atoms with Crippen LogP contribution in [-0.4, -0.2) is 56.0 Å². The van der Waals surface area contributed by atoms with E-state index in [0.29, 0.717) is 43.7 Å². The van der Waals surface area contributed by atoms with Crippen molar-refractivity contribution >= 4 is 11.6 Å². The van der Waals surface area contributed by atoms with Gasteiger partial charge in [-0.3, -0.25) is 9.59 Å². The van der Waals surface area contributed by atoms with Crippen molar-refractivity contribution in [2.45, 2.75) is 51.4 Å². The van der Waals surface area contributed by atoms with E-state index >= 15 is 8.78 Å². The lowest BCUT2D eigenvalue weighted by molar-refractivity contribution is -0.137. The Morgan fingerprint density at radius 1 is 1.17 bits per heavy atom. The van der Waals surface area contributed by atoms with Crippen LogP contribution in [0.2, 0.25) is 0 Å². The third kappa shape index (κ3) is 6.71. The Morgan fingerprint density at radius 3 is 2.51 bits per heavy atom. The predicted molar refractivity (Wildman–Crippen MR) is 166 cm³/mol. The first-order valence-electron chi connectivity index (χ1n) is 15.2. The molecule has 8 nitrogen and oxygen atoms in total. The fraction of sp³-hybridized carbons (Fsp3) is 0.412. The highest BCUT2D eigenvalue weighted by molar-refractivity contribution is 5.95. The van der Waals surface area contributed by atoms with Gasteiger partial charge < -0.3 is 29.0 Å². The number of hydrogen-bond donors (Lipinski definition) is 1. The molecule has 1 saturated heterocycles. The van der Waals surface area contributed by atoms with Crippen molar-refractivity contribution in [3.05, 3.63) is 92.6 Å². The molecule has 2 aliphatic heterocycles. The molecule has 0 aliphatic carbocycles. The Morgan fingerprint density at radius 2 is 1.87 bits per heavy atom. The normalized spacial score (nSPS) is 17.0. The van der Waals surface area contributed by atoms with E-state index in [-0.39, 0.29) is 47.5 Å². The maximum absolute atomic E-state index is 15.3. The molecule has 252 valence electrons. The number of halogens is 5. The monoisotopic (exact) mass is 661 g/mol. The zero-order valence-electron chi connectivity index (χ0n) is 26.5. The number of carbonyl (C=O) groups excluding carboxylic acids is 1. The van der Waals surface area contributed by atoms with Gasteiger partial charge in [-0.2, -0.15) is 13.2 Å². The number of fused-ring (bicyclic) bond motifs is 1. The van der Waals surface area contributed by atoms with Gasteiger partial charge in [0.15, 0.2) is 0 Å². The highest BCUT2D eigenvalue weighted by Crippen LogP contribution is 2.43. The minimum absolute atomic E-state index is 0.00125. The van der Waals surface area contributed by atoms with Crippen LogP contribution in [0.4, 0.5) is 27.6 Å². The van der Waals surface area contributed by atoms with Gasteiger partial charge in [-0.1, -0.05) is 18.7 Å². The molecule has 2 atom stereocenters. The molecular formula is C34H36F5N3O5. The summed E-state index contributed by atoms with van der Waals surface area (Å²) >= 11 is 0. The Labute approximate surface area is 268 Å². The van der Waals surface area contributed by atoms with Crippen molar-refractivity contribution in [2.75, 3.05) is 38.4 Å². The molecule has 5 rings (SSSR count). The lowest BCUT2D eigenvalue weighted by Gasteiger charge is -2.35. The molecule has 13 heteroatoms. The number of aromatic nitrogens is 1. The van der Waals surface area contributed by atoms with E-state index in [1.807, 2.05) is 6.92 Å². The number of nitrogens with zero attached hydrogens (tertiary/aromatic N) is 2. The average molecular weight is 662 g/mol. The smallest absolute Gasteiger partial charge is 0.417 e. The van der Waals surface area contributed by atoms with Gasteiger partial charge in [0, 0.05) is 43.0 Å². The average Bonchev–Trinajstić information content (AvgIpc) is 3.02. The maximum Gasteiger partial charge on any atom is 0.417 e. The summed E-state index contributed by atoms with van der Waals surface area (Å²) < 4.78 is 90.9. The summed E-state index contributed by atoms with van der Waals surface area (Å²) in [5, 5.41) is 2.61. The second kappa shape index (κ2) is 13.4. The van der Waals surface area contributed by atoms with Crippen molar-refractivity contribution in [3.63, 3.8) is 0 Å². The molecule has 0 saturated carbocycles. The van der Waals surface area contributed by atoms with Gasteiger partial charge >= 0.3 is 6.18 Å². The zero-order valence-corrected chi connectivity index (χ0v) is 26.5. The molecule has 1 N–H and O–H groups in total. The second-order valence-corrected chi connectivity index (χ2v) is 11.8. The van der Waals surface area contributed by atoms with E-state index in [1.165, 1.54) is 27.1 Å². The summed E-state index contributed by atoms with van der Waals surface area (Å²) in [5.41, 5.74) is -1.64. The molecule has 0 radical (unpaired) electrons. The minimum Gasteiger partial charge on any atom is -0.500 e. The number of pyridine rings is 1. The van der Waals surface area contributed by atoms with Crippen LogP contribution in [0.15, 0.2) is 47.5 Å². The lowest BCUT2D eigenvalue weighted by Crippen LogP contribution is -2.44. The fourth-order valence-electron chi connectivity index (χ4n) is 6.11. The molecule has 0 bridgehead atoms. The van der Waals surface area contributed by atoms with E-state index in [4.69, 9.17) is 14.2 Å². The number of carbonyl (C=O) groups is 1. The third-order valence-corrected chi connectivity index (χ3v) is 8.75. The van der Waals surface area contributed by atoms with Gasteiger partial charge in [0.05, 0.1) is 44.1 Å². The Kier molecular flexibility index (Phi) is 9.67. The number of rotatable bonds is 8. The van der Waals surface area contributed by atoms with Crippen LogP contribution in [0.5, 0.6) is 5.75 Å². The topological polar surface area (TPSA) is 82.0 Å². The fourth-order valence-corrected chi connectivity index (χ4v) is 6.11. The number of anilines is 1. The van der Waals surface area contributed by atoms with Crippen molar-refractivity contribution in [1.82, 2.24) is 9.88 Å². The van der Waals surface area contributed by atoms with Crippen molar-refractivity contribution in [1.29, 1.82) is 0 Å². The molecule has 1 aromatic heterocycles. The van der Waals surface area contributed by atoms with Gasteiger partial charge in [-0.15, -0.1) is 0 Å². The van der Waals surface area contributed by atoms with Gasteiger partial charge in [0.2, 0.25) is 0 Å². The Bertz CT molecular complexity index is 1750. The summed E-state index contributed by atoms with van der Waals surface area (Å²) in [6, 6.07) is 4.99. The molecule has 3 aromatic rings. The standard InChI is InChI=1S/C34H36F5N3O5/c1-18-13-25(34(37,38)39)29(33(44)41(18)4)24-9-8-21(23-7-6-11-47-31(23)24)14-28(20(3)45-5)40-32(43)30-26(35)15-22(16-27(30)36)42-10-12-46-17-19(42)2/h8-9,13,15-16,19,28H,3,6-7,10-12,14,17H2,1-2,4-5H3,(H,40,43)/t19-,28-/m0/s1. The maximum atomic E-state index is 15.3. The molecule has 3 heterocycles. The van der Waals surface area contributed by atoms with Crippen molar-refractivity contribution in [2.24, 2.45) is 7.05 Å². The number of amides is 1. The Hall–Kier alpha value is -4.39. The summed E-state index contributed by atoms with van der Waals surface area (Å²) in [6.45, 7) is 8.58. The van der Waals surface area contributed by atoms with E-state index in [0.717, 1.165) is 22.8 Å². The van der Waals surface area contributed by atoms with E-state index in [2.05, 4.69) is 11.9 Å². The number of methoxy groups -OCH3 is 1. The molecule has 2 aliphatic rings. The van der Waals surface area contributed by atoms with E-state index < -0.39 is 52.0 Å². The van der Waals surface area contributed by atoms with Crippen LogP contribution >= 0.6 is 0 Å². The summed E-state index contributed by atoms with van der Waals surface area (Å²) in [6.07, 6.45) is -3.83. The van der Waals surface area contributed by atoms with E-state index in [9.17, 15) is 22.8 Å². The summed E-state index contributed by atoms with van der Waals surface area (Å²) in [7, 11) is 2.73. The van der Waals surface area contributed by atoms with Crippen LogP contribution in [0.25, 0.3) is 11.1 Å². The Balaban J connectivity index is 1.49. The summed E-state index contributed by atoms with van der Waals surface area (Å²) in [4.78, 5) is 28.4. The van der Waals surface area contributed by atoms with Crippen LogP contribution < -0.4 is 20.5 Å². The first-order chi connectivity index (χ1) is 22.2. The van der Waals surface area contributed by atoms with Crippen molar-refractivity contribution in [3.8, 4) is 16.9 Å². The first kappa shape index (κ1) is 34.0. The molecule has 0 spiro atoms. The molecular weight excluding hydrogens is 625 g/mol. The number of ether oxygens (including phenoxy) is 3. The quantitative estimate of drug-likeness (QED) is 0.246. The summed E-state index contributed by atoms with van der Waals surface area (Å²) in [5.74, 6) is -2.91. The van der Waals surface area contributed by atoms with Gasteiger partial charge in [-0.25, -0.2) is 8.78 Å². The van der Waals surface area contributed by atoms with Crippen molar-refractivity contribution < 1.29 is 41.0 Å². The number of nitrogens with one attached hydrogen (secondary N) is 1. The number of benzene rings is 2. The van der Waals surface area contributed by atoms with Crippen LogP contribution in [0.3, 0.4) is 0 Å². The lowest BCUT2D eigenvalue weighted by atomic mass is 9.89. The largest absolute Gasteiger partial charge is 0.500 e. The number of aryl methyl sites for hydroxylation is 1. The highest BCUT2D eigenvalue weighted by Gasteiger charge is 2.38. The highest BCUT2D eigenvalue weighted by atomic mass is 19.4. The van der Waals surface area contributed by atoms with Crippen LogP contribution in [0.1, 0.15) is 46.1 Å². The SMILES string of the molecule is C=C(OC)[C@H](Cc1ccc(-c2c(C(F)(F)F)cc(C)n(C)c2=O)c2c1CCCO2)NC(=O)c1c(F)cc(N2CCOC[C@@H]2C)cc1F. The number of morpholine rings is 1. The molecule has 2 aromatic carbocycles. The van der Waals surface area contributed by atoms with Gasteiger partial charge in [-0.05, 0) is 56.0 Å². The molecule has 1 amide bonds. The predicted octanol–water partition coefficient (Wildman–Crippen LogP) is 5.71. The van der Waals surface area contributed by atoms with Crippen LogP contribution in [0, 0.1) is 18.6 Å². The molecule has 47 heavy (non-hydrogen) atoms. The third-order valence-electron chi connectivity index (χ3n) is 8.75. The van der Waals surface area contributed by atoms with Gasteiger partial charge in [0.25, 0.3) is 11.5 Å². The molecule has 1 fully saturated rings. The number of alkyl halides is 3. The van der Waals surface area contributed by atoms with Crippen LogP contribution in [-0.2, 0) is 35.5 Å².